The van der Waals surface area contributed by atoms with Gasteiger partial charge in [-0.05, 0) is 25.1 Å². The number of halogens is 1. The van der Waals surface area contributed by atoms with Crippen LogP contribution in [0.2, 0.25) is 5.02 Å². The molecule has 7 nitrogen and oxygen atoms in total. The molecule has 0 aliphatic heterocycles. The molecule has 0 fully saturated rings. The lowest BCUT2D eigenvalue weighted by molar-refractivity contribution is -0.617. The Kier molecular flexibility index (Phi) is 6.12. The van der Waals surface area contributed by atoms with Gasteiger partial charge in [-0.3, -0.25) is 4.18 Å². The third kappa shape index (κ3) is 4.99. The standard InChI is InChI=1S/C15H14ClN2O.CH4O4S/c1-3-19-11-5-7-15-13(9-11)17-12-8-10(16)4-6-14(12)18(15)2;1-5-6(2,3)4/h4-9H,3H2,1-2H3;1H3,(H,2,3,4)/q+1;/p-1. The Morgan fingerprint density at radius 2 is 1.72 bits per heavy atom. The van der Waals surface area contributed by atoms with Crippen molar-refractivity contribution in [3.63, 3.8) is 0 Å². The van der Waals surface area contributed by atoms with E-state index in [1.165, 1.54) is 0 Å². The van der Waals surface area contributed by atoms with Crippen molar-refractivity contribution in [1.29, 1.82) is 0 Å². The smallest absolute Gasteiger partial charge is 0.231 e. The van der Waals surface area contributed by atoms with Gasteiger partial charge in [0.15, 0.2) is 0 Å². The average Bonchev–Trinajstić information content (AvgIpc) is 2.55. The third-order valence-electron chi connectivity index (χ3n) is 3.36. The Morgan fingerprint density at radius 3 is 2.28 bits per heavy atom. The average molecular weight is 385 g/mol. The topological polar surface area (TPSA) is 92.4 Å². The van der Waals surface area contributed by atoms with E-state index >= 15 is 0 Å². The zero-order valence-corrected chi connectivity index (χ0v) is 15.5. The van der Waals surface area contributed by atoms with Crippen molar-refractivity contribution in [3.05, 3.63) is 41.4 Å². The highest BCUT2D eigenvalue weighted by atomic mass is 35.5. The first-order valence-corrected chi connectivity index (χ1v) is 8.99. The summed E-state index contributed by atoms with van der Waals surface area (Å²) in [5.41, 5.74) is 3.92. The maximum Gasteiger partial charge on any atom is 0.231 e. The van der Waals surface area contributed by atoms with E-state index in [0.717, 1.165) is 34.9 Å². The molecule has 3 rings (SSSR count). The largest absolute Gasteiger partial charge is 0.726 e. The second kappa shape index (κ2) is 7.92. The Morgan fingerprint density at radius 1 is 1.16 bits per heavy atom. The molecule has 0 aliphatic carbocycles. The molecule has 0 aliphatic rings. The van der Waals surface area contributed by atoms with Crippen molar-refractivity contribution in [2.75, 3.05) is 13.7 Å². The fraction of sp³-hybridized carbons (Fsp3) is 0.250. The number of fused-ring (bicyclic) bond motifs is 2. The maximum atomic E-state index is 9.22. The molecule has 0 radical (unpaired) electrons. The monoisotopic (exact) mass is 384 g/mol. The molecule has 1 aromatic heterocycles. The van der Waals surface area contributed by atoms with Gasteiger partial charge in [0.2, 0.25) is 21.4 Å². The highest BCUT2D eigenvalue weighted by Crippen LogP contribution is 2.21. The molecular weight excluding hydrogens is 368 g/mol. The van der Waals surface area contributed by atoms with Gasteiger partial charge in [0.05, 0.1) is 13.7 Å². The summed E-state index contributed by atoms with van der Waals surface area (Å²) in [5.74, 6) is 0.837. The SMILES string of the molecule is CCOc1ccc2c(c1)nc1cc(Cl)ccc1[n+]2C.COS(=O)(=O)[O-]. The van der Waals surface area contributed by atoms with Gasteiger partial charge in [-0.15, -0.1) is 0 Å². The molecule has 9 heteroatoms. The molecule has 1 heterocycles. The van der Waals surface area contributed by atoms with Crippen LogP contribution in [0.4, 0.5) is 0 Å². The Hall–Kier alpha value is -2.00. The van der Waals surface area contributed by atoms with Crippen molar-refractivity contribution in [2.24, 2.45) is 7.05 Å². The molecule has 0 amide bonds. The lowest BCUT2D eigenvalue weighted by Crippen LogP contribution is -2.30. The summed E-state index contributed by atoms with van der Waals surface area (Å²) >= 11 is 6.03. The van der Waals surface area contributed by atoms with Crippen LogP contribution in [-0.4, -0.2) is 31.7 Å². The lowest BCUT2D eigenvalue weighted by Gasteiger charge is -2.05. The van der Waals surface area contributed by atoms with E-state index < -0.39 is 10.4 Å². The number of aryl methyl sites for hydroxylation is 1. The lowest BCUT2D eigenvalue weighted by atomic mass is 10.2. The molecule has 3 aromatic rings. The molecule has 0 atom stereocenters. The predicted molar refractivity (Wildman–Crippen MR) is 93.3 cm³/mol. The van der Waals surface area contributed by atoms with Crippen molar-refractivity contribution in [2.45, 2.75) is 6.92 Å². The summed E-state index contributed by atoms with van der Waals surface area (Å²) < 4.78 is 38.6. The first kappa shape index (κ1) is 19.3. The van der Waals surface area contributed by atoms with Crippen LogP contribution < -0.4 is 9.30 Å². The van der Waals surface area contributed by atoms with E-state index in [9.17, 15) is 13.0 Å². The minimum Gasteiger partial charge on any atom is -0.726 e. The van der Waals surface area contributed by atoms with Crippen LogP contribution in [0.25, 0.3) is 22.1 Å². The van der Waals surface area contributed by atoms with Crippen molar-refractivity contribution >= 4 is 44.1 Å². The third-order valence-corrected chi connectivity index (χ3v) is 4.01. The van der Waals surface area contributed by atoms with Crippen molar-refractivity contribution in [1.82, 2.24) is 4.98 Å². The number of hydrogen-bond acceptors (Lipinski definition) is 6. The van der Waals surface area contributed by atoms with Crippen molar-refractivity contribution < 1.29 is 26.5 Å². The number of ether oxygens (including phenoxy) is 1. The van der Waals surface area contributed by atoms with Gasteiger partial charge in [-0.25, -0.2) is 13.4 Å². The Balaban J connectivity index is 0.000000326. The second-order valence-electron chi connectivity index (χ2n) is 4.96. The first-order valence-electron chi connectivity index (χ1n) is 7.28. The number of hydrogen-bond donors (Lipinski definition) is 0. The molecule has 0 bridgehead atoms. The second-order valence-corrected chi connectivity index (χ2v) is 6.55. The zero-order valence-electron chi connectivity index (χ0n) is 13.9. The van der Waals surface area contributed by atoms with Crippen molar-refractivity contribution in [3.8, 4) is 5.75 Å². The van der Waals surface area contributed by atoms with E-state index in [1.807, 2.05) is 50.4 Å². The predicted octanol–water partition coefficient (Wildman–Crippen LogP) is 2.36. The quantitative estimate of drug-likeness (QED) is 0.298. The van der Waals surface area contributed by atoms with Gasteiger partial charge in [-0.2, -0.15) is 4.57 Å². The van der Waals surface area contributed by atoms with E-state index in [4.69, 9.17) is 16.3 Å². The highest BCUT2D eigenvalue weighted by Gasteiger charge is 2.13. The Labute approximate surface area is 150 Å². The van der Waals surface area contributed by atoms with E-state index in [1.54, 1.807) is 0 Å². The Bertz CT molecular complexity index is 1010. The van der Waals surface area contributed by atoms with Gasteiger partial charge in [-0.1, -0.05) is 11.6 Å². The number of nitrogens with zero attached hydrogens (tertiary/aromatic N) is 2. The van der Waals surface area contributed by atoms with Crippen LogP contribution in [0.15, 0.2) is 36.4 Å². The molecule has 0 unspecified atom stereocenters. The number of rotatable bonds is 3. The van der Waals surface area contributed by atoms with Crippen LogP contribution in [0.1, 0.15) is 6.92 Å². The molecule has 0 N–H and O–H groups in total. The van der Waals surface area contributed by atoms with Gasteiger partial charge in [0.25, 0.3) is 0 Å². The normalized spacial score (nSPS) is 11.2. The van der Waals surface area contributed by atoms with E-state index in [-0.39, 0.29) is 0 Å². The molecule has 0 spiro atoms. The molecule has 134 valence electrons. The summed E-state index contributed by atoms with van der Waals surface area (Å²) in [6.45, 7) is 2.62. The fourth-order valence-corrected chi connectivity index (χ4v) is 2.43. The van der Waals surface area contributed by atoms with E-state index in [0.29, 0.717) is 11.6 Å². The summed E-state index contributed by atoms with van der Waals surface area (Å²) in [6.07, 6.45) is 0. The zero-order chi connectivity index (χ0) is 18.6. The molecule has 0 saturated heterocycles. The number of aromatic nitrogens is 2. The van der Waals surface area contributed by atoms with Crippen LogP contribution in [0.3, 0.4) is 0 Å². The summed E-state index contributed by atoms with van der Waals surface area (Å²) in [5, 5.41) is 0.695. The van der Waals surface area contributed by atoms with Gasteiger partial charge in [0, 0.05) is 23.2 Å². The molecule has 0 saturated carbocycles. The summed E-state index contributed by atoms with van der Waals surface area (Å²) in [6, 6.07) is 11.7. The molecule has 25 heavy (non-hydrogen) atoms. The highest BCUT2D eigenvalue weighted by molar-refractivity contribution is 7.80. The van der Waals surface area contributed by atoms with Gasteiger partial charge in [0.1, 0.15) is 23.8 Å². The fourth-order valence-electron chi connectivity index (χ4n) is 2.26. The van der Waals surface area contributed by atoms with Crippen LogP contribution in [0, 0.1) is 0 Å². The maximum absolute atomic E-state index is 9.22. The van der Waals surface area contributed by atoms with Crippen LogP contribution in [-0.2, 0) is 21.6 Å². The van der Waals surface area contributed by atoms with Gasteiger partial charge < -0.3 is 9.29 Å². The molecule has 2 aromatic carbocycles. The molecular formula is C16H17ClN2O5S. The minimum absolute atomic E-state index is 0.650. The summed E-state index contributed by atoms with van der Waals surface area (Å²) in [7, 11) is -1.58. The minimum atomic E-state index is -4.41. The van der Waals surface area contributed by atoms with Crippen LogP contribution >= 0.6 is 11.6 Å². The van der Waals surface area contributed by atoms with E-state index in [2.05, 4.69) is 13.7 Å². The number of benzene rings is 2. The summed E-state index contributed by atoms with van der Waals surface area (Å²) in [4.78, 5) is 4.66. The van der Waals surface area contributed by atoms with Gasteiger partial charge >= 0.3 is 0 Å². The van der Waals surface area contributed by atoms with Crippen LogP contribution in [0.5, 0.6) is 5.75 Å². The first-order chi connectivity index (χ1) is 11.7.